The first-order valence-electron chi connectivity index (χ1n) is 35.1. The number of phenols is 3. The maximum absolute atomic E-state index is 16.2. The molecule has 0 aromatic heterocycles. The molecule has 18 atom stereocenters. The van der Waals surface area contributed by atoms with Crippen LogP contribution >= 0.6 is 0 Å². The Kier molecular flexibility index (Phi) is 25.1. The summed E-state index contributed by atoms with van der Waals surface area (Å²) in [6.45, 7) is 7.82. The molecule has 5 aromatic carbocycles. The Hall–Kier alpha value is -10.0. The average molecular weight is 1490 g/mol. The minimum Gasteiger partial charge on any atom is -0.508 e. The third-order valence-electron chi connectivity index (χ3n) is 19.3. The molecule has 7 amide bonds. The average Bonchev–Trinajstić information content (AvgIpc) is 0.764. The van der Waals surface area contributed by atoms with Crippen molar-refractivity contribution in [2.75, 3.05) is 13.7 Å². The van der Waals surface area contributed by atoms with Crippen LogP contribution in [-0.2, 0) is 52.6 Å². The van der Waals surface area contributed by atoms with Crippen LogP contribution in [0.4, 0.5) is 0 Å². The van der Waals surface area contributed by atoms with E-state index in [0.717, 1.165) is 61.7 Å². The van der Waals surface area contributed by atoms with Gasteiger partial charge < -0.3 is 128 Å². The molecule has 107 heavy (non-hydrogen) atoms. The van der Waals surface area contributed by atoms with Crippen LogP contribution in [0.2, 0.25) is 0 Å². The van der Waals surface area contributed by atoms with Crippen molar-refractivity contribution in [2.45, 2.75) is 195 Å². The molecule has 21 N–H and O–H groups in total. The Balaban J connectivity index is 1.26. The van der Waals surface area contributed by atoms with Crippen molar-refractivity contribution in [3.63, 3.8) is 0 Å². The lowest BCUT2D eigenvalue weighted by molar-refractivity contribution is -0.333. The molecule has 0 unspecified atom stereocenters. The van der Waals surface area contributed by atoms with E-state index in [9.17, 15) is 70.2 Å². The van der Waals surface area contributed by atoms with Crippen LogP contribution in [0.5, 0.6) is 46.0 Å². The molecule has 5 aromatic rings. The standard InChI is InChI=1S/C74H91N9O24/c1-7-8-9-10-11-12-13-35-23-37-17-21-47(35)104-49-26-38-25-48(63(49)107-73-64(62(92)61(91)50(31-84)105-73)106-52-30-74(5,76)65(93)33(4)102-52)103-40-18-14-34(15-19-40)59(89)57(82-66(94)43(77-6)22-32(2)3)70(98)78-44(29-51(75)88)67(95)79-55(38)69(97)80-54-36-16-20-45(86)41(24-36)53-42(27-39(85)28-46(53)87)56(72(100)101)81-71(99)58(60(37)90)83-68(54)96/h12-21,23-28,32-33,43-44,50,52,54-62,64-65,73,77,84-87,89-93H,7-11,22,29-31,76H2,1-6H3,(H2,75,88)(H,78,98)(H,79,95)(H,80,97)(H,81,99)(H,82,94)(H,83,96)(H,100,101)/b13-12+/t33-,43+,44+,50+,52-,54-,55-,56-,57-,58+,59-,60-,61+,62-,64+,65+,73-,74-/m0/s1. The number of allylic oxidation sites excluding steroid dienone is 1. The predicted molar refractivity (Wildman–Crippen MR) is 377 cm³/mol. The van der Waals surface area contributed by atoms with Crippen LogP contribution in [-0.4, -0.2) is 191 Å². The van der Waals surface area contributed by atoms with Crippen molar-refractivity contribution in [1.82, 2.24) is 37.2 Å². The van der Waals surface area contributed by atoms with E-state index in [0.29, 0.717) is 12.8 Å². The summed E-state index contributed by atoms with van der Waals surface area (Å²) in [4.78, 5) is 118. The van der Waals surface area contributed by atoms with Gasteiger partial charge in [-0.15, -0.1) is 0 Å². The molecular weight excluding hydrogens is 1400 g/mol. The lowest BCUT2D eigenvalue weighted by Crippen LogP contribution is -2.64. The van der Waals surface area contributed by atoms with E-state index in [4.69, 9.17) is 39.9 Å². The number of aliphatic hydroxyl groups is 6. The summed E-state index contributed by atoms with van der Waals surface area (Å²) in [5.41, 5.74) is 8.72. The second kappa shape index (κ2) is 33.8. The largest absolute Gasteiger partial charge is 0.508 e. The number of carbonyl (C=O) groups is 8. The van der Waals surface area contributed by atoms with E-state index in [1.807, 2.05) is 20.8 Å². The Bertz CT molecular complexity index is 4180. The van der Waals surface area contributed by atoms with Gasteiger partial charge in [0.05, 0.1) is 31.3 Å². The van der Waals surface area contributed by atoms with Gasteiger partial charge >= 0.3 is 5.97 Å². The lowest BCUT2D eigenvalue weighted by Gasteiger charge is -2.47. The van der Waals surface area contributed by atoms with Gasteiger partial charge in [0.15, 0.2) is 29.9 Å². The Labute approximate surface area is 613 Å². The first-order chi connectivity index (χ1) is 50.8. The van der Waals surface area contributed by atoms with Gasteiger partial charge in [0.2, 0.25) is 53.4 Å². The number of carbonyl (C=O) groups excluding carboxylic acids is 7. The molecule has 33 nitrogen and oxygen atoms in total. The Morgan fingerprint density at radius 3 is 2.07 bits per heavy atom. The summed E-state index contributed by atoms with van der Waals surface area (Å²) in [7, 11) is 1.50. The summed E-state index contributed by atoms with van der Waals surface area (Å²) < 4.78 is 39.2. The van der Waals surface area contributed by atoms with Crippen molar-refractivity contribution < 1.29 is 118 Å². The number of nitrogens with two attached hydrogens (primary N) is 2. The molecule has 576 valence electrons. The molecule has 0 aliphatic carbocycles. The monoisotopic (exact) mass is 1490 g/mol. The number of carboxylic acids is 1. The third-order valence-corrected chi connectivity index (χ3v) is 19.3. The topological polar surface area (TPSA) is 530 Å². The number of carboxylic acid groups (broad SMARTS) is 1. The number of primary amides is 1. The molecular formula is C74H91N9O24. The van der Waals surface area contributed by atoms with E-state index < -0.39 is 221 Å². The van der Waals surface area contributed by atoms with Crippen LogP contribution in [0, 0.1) is 5.92 Å². The number of fused-ring (bicyclic) bond motifs is 15. The molecule has 7 heterocycles. The molecule has 2 saturated heterocycles. The summed E-state index contributed by atoms with van der Waals surface area (Å²) in [5, 5.41) is 133. The molecule has 2 fully saturated rings. The molecule has 11 bridgehead atoms. The highest BCUT2D eigenvalue weighted by atomic mass is 16.8. The van der Waals surface area contributed by atoms with Crippen molar-refractivity contribution in [3.05, 3.63) is 124 Å². The van der Waals surface area contributed by atoms with E-state index in [1.165, 1.54) is 63.4 Å². The molecule has 0 radical (unpaired) electrons. The zero-order valence-corrected chi connectivity index (χ0v) is 59.3. The number of nitrogens with one attached hydrogen (secondary N) is 7. The van der Waals surface area contributed by atoms with Crippen molar-refractivity contribution in [2.24, 2.45) is 17.4 Å². The fourth-order valence-corrected chi connectivity index (χ4v) is 13.5. The van der Waals surface area contributed by atoms with Crippen LogP contribution in [0.1, 0.15) is 150 Å². The predicted octanol–water partition coefficient (Wildman–Crippen LogP) is 1.78. The zero-order valence-electron chi connectivity index (χ0n) is 59.3. The van der Waals surface area contributed by atoms with Crippen LogP contribution < -0.4 is 62.9 Å². The lowest BCUT2D eigenvalue weighted by atomic mass is 9.86. The number of hydrogen-bond donors (Lipinski definition) is 19. The SMILES string of the molecule is CCCCCC/C=C/c1cc2ccc1Oc1cc3cc(c1O[C@@H]1O[C@H](CO)[C@@H](O)[C@H](O)[C@H]1O[C@H]1C[C@](C)(N)[C@H](O)[C@H](C)O1)Oc1ccc(cc1)[C@H](O)[C@H](NC(=O)[C@@H](CC(C)C)NC)C(=O)N[C@H](CC(N)=O)C(=O)N[C@@H]3C(=O)N[C@@H]1C(=O)N[C@@H](C(=O)N[C@H](C(=O)O)c3cc(O)cc(O)c3-c3cc1ccc3O)[C@H]2O. The number of likely N-dealkylation sites (N-methyl/N-ethyl adjacent to an activating group) is 1. The second-order valence-electron chi connectivity index (χ2n) is 28.0. The van der Waals surface area contributed by atoms with Gasteiger partial charge in [-0.05, 0) is 123 Å². The smallest absolute Gasteiger partial charge is 0.330 e. The van der Waals surface area contributed by atoms with E-state index in [2.05, 4.69) is 37.2 Å². The number of benzene rings is 5. The summed E-state index contributed by atoms with van der Waals surface area (Å²) in [5.74, 6) is -14.7. The molecule has 7 aliphatic heterocycles. The highest BCUT2D eigenvalue weighted by molar-refractivity contribution is 6.00. The number of unbranched alkanes of at least 4 members (excludes halogenated alkanes) is 4. The molecule has 0 saturated carbocycles. The first kappa shape index (κ1) is 79.5. The normalized spacial score (nSPS) is 28.5. The van der Waals surface area contributed by atoms with E-state index in [-0.39, 0.29) is 58.1 Å². The number of ether oxygens (including phenoxy) is 6. The Morgan fingerprint density at radius 2 is 1.40 bits per heavy atom. The van der Waals surface area contributed by atoms with E-state index in [1.54, 1.807) is 12.2 Å². The van der Waals surface area contributed by atoms with Gasteiger partial charge in [0.25, 0.3) is 0 Å². The number of rotatable bonds is 19. The minimum atomic E-state index is -2.29. The van der Waals surface area contributed by atoms with Crippen LogP contribution in [0.15, 0.2) is 91.0 Å². The molecule has 12 rings (SSSR count). The van der Waals surface area contributed by atoms with Crippen molar-refractivity contribution in [3.8, 4) is 57.1 Å². The van der Waals surface area contributed by atoms with Gasteiger partial charge in [0, 0.05) is 40.3 Å². The molecule has 33 heteroatoms. The number of hydrogen-bond acceptors (Lipinski definition) is 25. The number of amides is 7. The van der Waals surface area contributed by atoms with Gasteiger partial charge in [-0.2, -0.15) is 0 Å². The maximum atomic E-state index is 16.2. The van der Waals surface area contributed by atoms with Crippen LogP contribution in [0.25, 0.3) is 17.2 Å². The first-order valence-corrected chi connectivity index (χ1v) is 35.1. The van der Waals surface area contributed by atoms with Crippen LogP contribution in [0.3, 0.4) is 0 Å². The number of aliphatic hydroxyl groups excluding tert-OH is 6. The summed E-state index contributed by atoms with van der Waals surface area (Å²) in [6.07, 6.45) is -10.9. The molecule has 0 spiro atoms. The quantitative estimate of drug-likeness (QED) is 0.0524. The number of aliphatic carboxylic acids is 1. The highest BCUT2D eigenvalue weighted by Crippen LogP contribution is 2.49. The second-order valence-corrected chi connectivity index (χ2v) is 28.0. The summed E-state index contributed by atoms with van der Waals surface area (Å²) >= 11 is 0. The minimum absolute atomic E-state index is 0.0314. The summed E-state index contributed by atoms with van der Waals surface area (Å²) in [6, 6.07) is 2.33. The maximum Gasteiger partial charge on any atom is 0.330 e. The highest BCUT2D eigenvalue weighted by Gasteiger charge is 2.51. The van der Waals surface area contributed by atoms with Gasteiger partial charge in [-0.1, -0.05) is 76.5 Å². The Morgan fingerprint density at radius 1 is 0.729 bits per heavy atom. The fourth-order valence-electron chi connectivity index (χ4n) is 13.5. The van der Waals surface area contributed by atoms with Crippen molar-refractivity contribution >= 4 is 53.4 Å². The third kappa shape index (κ3) is 18.0. The molecule has 7 aliphatic rings. The van der Waals surface area contributed by atoms with Gasteiger partial charge in [-0.25, -0.2) is 4.79 Å². The van der Waals surface area contributed by atoms with Gasteiger partial charge in [0.1, 0.15) is 89.5 Å². The fraction of sp³-hybridized carbons (Fsp3) is 0.459. The zero-order chi connectivity index (χ0) is 77.6. The number of phenolic OH excluding ortho intramolecular Hbond substituents is 3. The van der Waals surface area contributed by atoms with E-state index >= 15 is 19.2 Å². The number of aromatic hydroxyl groups is 3. The van der Waals surface area contributed by atoms with Crippen molar-refractivity contribution in [1.29, 1.82) is 0 Å². The van der Waals surface area contributed by atoms with Gasteiger partial charge in [-0.3, -0.25) is 33.6 Å².